The van der Waals surface area contributed by atoms with Crippen molar-refractivity contribution in [1.29, 1.82) is 0 Å². The highest BCUT2D eigenvalue weighted by atomic mass is 16.4. The average molecular weight is 204 g/mol. The molecule has 0 radical (unpaired) electrons. The summed E-state index contributed by atoms with van der Waals surface area (Å²) in [6.07, 6.45) is 2.36. The number of carboxylic acids is 1. The molecule has 0 aromatic carbocycles. The maximum atomic E-state index is 11.1. The van der Waals surface area contributed by atoms with Gasteiger partial charge in [0, 0.05) is 18.8 Å². The molecule has 0 bridgehead atoms. The summed E-state index contributed by atoms with van der Waals surface area (Å²) in [7, 11) is 1.76. The summed E-state index contributed by atoms with van der Waals surface area (Å²) in [4.78, 5) is 15.4. The topological polar surface area (TPSA) is 55.1 Å². The van der Waals surface area contributed by atoms with Crippen LogP contribution < -0.4 is 0 Å². The van der Waals surface area contributed by atoms with Gasteiger partial charge in [-0.15, -0.1) is 0 Å². The molecule has 0 amide bonds. The number of hydrogen-bond donors (Lipinski definition) is 1. The molecule has 4 heteroatoms. The Bertz CT molecular complexity index is 529. The number of nitrogens with zero attached hydrogens (tertiary/aromatic N) is 2. The molecule has 0 aliphatic heterocycles. The summed E-state index contributed by atoms with van der Waals surface area (Å²) < 4.78 is 1.68. The summed E-state index contributed by atoms with van der Waals surface area (Å²) in [5.74, 6) is -0.896. The number of aromatic carboxylic acids is 1. The summed E-state index contributed by atoms with van der Waals surface area (Å²) >= 11 is 0. The Hall–Kier alpha value is -1.84. The average Bonchev–Trinajstić information content (AvgIpc) is 2.52. The fourth-order valence-electron chi connectivity index (χ4n) is 1.94. The number of aromatic nitrogens is 2. The van der Waals surface area contributed by atoms with Crippen LogP contribution in [0.15, 0.2) is 18.3 Å². The van der Waals surface area contributed by atoms with E-state index in [1.165, 1.54) is 0 Å². The second-order valence-electron chi connectivity index (χ2n) is 3.42. The zero-order valence-electron chi connectivity index (χ0n) is 8.69. The fraction of sp³-hybridized carbons (Fsp3) is 0.273. The third-order valence-corrected chi connectivity index (χ3v) is 2.61. The van der Waals surface area contributed by atoms with Gasteiger partial charge in [0.05, 0.1) is 11.0 Å². The Labute approximate surface area is 87.2 Å². The van der Waals surface area contributed by atoms with E-state index >= 15 is 0 Å². The molecular weight excluding hydrogens is 192 g/mol. The minimum atomic E-state index is -0.896. The van der Waals surface area contributed by atoms with E-state index in [-0.39, 0.29) is 0 Å². The van der Waals surface area contributed by atoms with Crippen molar-refractivity contribution in [3.05, 3.63) is 29.6 Å². The third kappa shape index (κ3) is 1.29. The summed E-state index contributed by atoms with van der Waals surface area (Å²) in [6.45, 7) is 1.94. The van der Waals surface area contributed by atoms with Crippen molar-refractivity contribution in [2.75, 3.05) is 0 Å². The van der Waals surface area contributed by atoms with Crippen LogP contribution >= 0.6 is 0 Å². The molecule has 0 saturated heterocycles. The lowest BCUT2D eigenvalue weighted by Gasteiger charge is -1.99. The minimum Gasteiger partial charge on any atom is -0.477 e. The lowest BCUT2D eigenvalue weighted by Crippen LogP contribution is -2.06. The van der Waals surface area contributed by atoms with Crippen molar-refractivity contribution in [1.82, 2.24) is 9.55 Å². The predicted molar refractivity (Wildman–Crippen MR) is 57.1 cm³/mol. The van der Waals surface area contributed by atoms with Gasteiger partial charge in [-0.2, -0.15) is 0 Å². The van der Waals surface area contributed by atoms with Crippen molar-refractivity contribution < 1.29 is 9.90 Å². The highest BCUT2D eigenvalue weighted by Crippen LogP contribution is 2.23. The zero-order valence-corrected chi connectivity index (χ0v) is 8.69. The van der Waals surface area contributed by atoms with Crippen LogP contribution in [-0.2, 0) is 13.5 Å². The van der Waals surface area contributed by atoms with Gasteiger partial charge in [-0.3, -0.25) is 4.98 Å². The van der Waals surface area contributed by atoms with Gasteiger partial charge in [0.1, 0.15) is 5.69 Å². The lowest BCUT2D eigenvalue weighted by atomic mass is 10.1. The number of hydrogen-bond acceptors (Lipinski definition) is 2. The standard InChI is InChI=1S/C11H12N2O2/c1-3-7-9-8(5-4-6-12-9)13(2)10(7)11(14)15/h4-6H,3H2,1-2H3,(H,14,15). The molecule has 2 rings (SSSR count). The third-order valence-electron chi connectivity index (χ3n) is 2.61. The summed E-state index contributed by atoms with van der Waals surface area (Å²) in [5, 5.41) is 9.13. The van der Waals surface area contributed by atoms with Gasteiger partial charge in [-0.1, -0.05) is 6.92 Å². The molecule has 0 aliphatic carbocycles. The van der Waals surface area contributed by atoms with Gasteiger partial charge in [0.2, 0.25) is 0 Å². The highest BCUT2D eigenvalue weighted by Gasteiger charge is 2.19. The van der Waals surface area contributed by atoms with E-state index in [0.29, 0.717) is 12.1 Å². The molecule has 2 heterocycles. The van der Waals surface area contributed by atoms with E-state index in [4.69, 9.17) is 5.11 Å². The highest BCUT2D eigenvalue weighted by molar-refractivity contribution is 5.96. The SMILES string of the molecule is CCc1c(C(=O)O)n(C)c2cccnc12. The molecule has 0 aliphatic rings. The van der Waals surface area contributed by atoms with Gasteiger partial charge >= 0.3 is 5.97 Å². The minimum absolute atomic E-state index is 0.339. The molecule has 2 aromatic rings. The number of pyridine rings is 1. The second kappa shape index (κ2) is 3.38. The van der Waals surface area contributed by atoms with E-state index in [2.05, 4.69) is 4.98 Å². The van der Waals surface area contributed by atoms with Crippen molar-refractivity contribution in [3.63, 3.8) is 0 Å². The monoisotopic (exact) mass is 204 g/mol. The normalized spacial score (nSPS) is 10.8. The summed E-state index contributed by atoms with van der Waals surface area (Å²) in [6, 6.07) is 3.70. The Morgan fingerprint density at radius 3 is 2.93 bits per heavy atom. The van der Waals surface area contributed by atoms with Gasteiger partial charge in [-0.05, 0) is 18.6 Å². The largest absolute Gasteiger partial charge is 0.477 e. The molecule has 1 N–H and O–H groups in total. The Morgan fingerprint density at radius 1 is 1.60 bits per heavy atom. The number of carboxylic acid groups (broad SMARTS) is 1. The number of fused-ring (bicyclic) bond motifs is 1. The molecule has 15 heavy (non-hydrogen) atoms. The Morgan fingerprint density at radius 2 is 2.33 bits per heavy atom. The van der Waals surface area contributed by atoms with Crippen LogP contribution in [0.2, 0.25) is 0 Å². The number of aryl methyl sites for hydroxylation is 2. The first-order valence-electron chi connectivity index (χ1n) is 4.82. The van der Waals surface area contributed by atoms with Crippen molar-refractivity contribution in [3.8, 4) is 0 Å². The predicted octanol–water partition coefficient (Wildman–Crippen LogP) is 1.83. The van der Waals surface area contributed by atoms with Crippen LogP contribution in [0.25, 0.3) is 11.0 Å². The van der Waals surface area contributed by atoms with Crippen molar-refractivity contribution >= 4 is 17.0 Å². The first kappa shape index (κ1) is 9.71. The molecule has 0 spiro atoms. The van der Waals surface area contributed by atoms with Crippen LogP contribution in [0, 0.1) is 0 Å². The maximum Gasteiger partial charge on any atom is 0.352 e. The quantitative estimate of drug-likeness (QED) is 0.812. The van der Waals surface area contributed by atoms with Crippen LogP contribution in [0.5, 0.6) is 0 Å². The zero-order chi connectivity index (χ0) is 11.0. The first-order chi connectivity index (χ1) is 7.16. The molecule has 0 fully saturated rings. The molecule has 4 nitrogen and oxygen atoms in total. The molecule has 78 valence electrons. The molecule has 0 saturated carbocycles. The van der Waals surface area contributed by atoms with E-state index < -0.39 is 5.97 Å². The van der Waals surface area contributed by atoms with E-state index in [0.717, 1.165) is 16.6 Å². The van der Waals surface area contributed by atoms with Crippen LogP contribution in [0.4, 0.5) is 0 Å². The van der Waals surface area contributed by atoms with Gasteiger partial charge in [0.15, 0.2) is 0 Å². The van der Waals surface area contributed by atoms with E-state index in [1.807, 2.05) is 19.1 Å². The van der Waals surface area contributed by atoms with Crippen molar-refractivity contribution in [2.45, 2.75) is 13.3 Å². The first-order valence-corrected chi connectivity index (χ1v) is 4.82. The smallest absolute Gasteiger partial charge is 0.352 e. The van der Waals surface area contributed by atoms with E-state index in [9.17, 15) is 4.79 Å². The number of carbonyl (C=O) groups is 1. The molecular formula is C11H12N2O2. The number of rotatable bonds is 2. The van der Waals surface area contributed by atoms with Gasteiger partial charge in [0.25, 0.3) is 0 Å². The van der Waals surface area contributed by atoms with Crippen LogP contribution in [0.3, 0.4) is 0 Å². The Balaban J connectivity index is 2.90. The lowest BCUT2D eigenvalue weighted by molar-refractivity contribution is 0.0686. The van der Waals surface area contributed by atoms with Gasteiger partial charge < -0.3 is 9.67 Å². The molecule has 0 atom stereocenters. The molecule has 2 aromatic heterocycles. The summed E-state index contributed by atoms with van der Waals surface area (Å²) in [5.41, 5.74) is 2.80. The fourth-order valence-corrected chi connectivity index (χ4v) is 1.94. The molecule has 0 unspecified atom stereocenters. The van der Waals surface area contributed by atoms with Gasteiger partial charge in [-0.25, -0.2) is 4.79 Å². The Kier molecular flexibility index (Phi) is 2.19. The van der Waals surface area contributed by atoms with Crippen LogP contribution in [0.1, 0.15) is 23.0 Å². The van der Waals surface area contributed by atoms with Crippen LogP contribution in [-0.4, -0.2) is 20.6 Å². The maximum absolute atomic E-state index is 11.1. The second-order valence-corrected chi connectivity index (χ2v) is 3.42. The van der Waals surface area contributed by atoms with E-state index in [1.54, 1.807) is 17.8 Å². The van der Waals surface area contributed by atoms with Crippen molar-refractivity contribution in [2.24, 2.45) is 7.05 Å².